The highest BCUT2D eigenvalue weighted by Gasteiger charge is 2.15. The summed E-state index contributed by atoms with van der Waals surface area (Å²) in [7, 11) is 0. The van der Waals surface area contributed by atoms with Crippen LogP contribution >= 0.6 is 0 Å². The van der Waals surface area contributed by atoms with Crippen molar-refractivity contribution in [2.75, 3.05) is 0 Å². The van der Waals surface area contributed by atoms with E-state index < -0.39 is 0 Å². The lowest BCUT2D eigenvalue weighted by Gasteiger charge is -2.12. The zero-order valence-electron chi connectivity index (χ0n) is 15.8. The van der Waals surface area contributed by atoms with Gasteiger partial charge >= 0.3 is 0 Å². The molecule has 24 heavy (non-hydrogen) atoms. The predicted molar refractivity (Wildman–Crippen MR) is 103 cm³/mol. The largest absolute Gasteiger partial charge is 0.299 e. The van der Waals surface area contributed by atoms with E-state index in [4.69, 9.17) is 0 Å². The smallest absolute Gasteiger partial charge is 0.137 e. The minimum Gasteiger partial charge on any atom is -0.299 e. The van der Waals surface area contributed by atoms with Crippen LogP contribution in [0.3, 0.4) is 0 Å². The molecule has 0 spiro atoms. The van der Waals surface area contributed by atoms with Crippen molar-refractivity contribution >= 4 is 5.78 Å². The standard InChI is InChI=1S/C23H32O/c1-5-8-21-16-22-13-19(10-12-20(22)11-9-17(21)4)15-23(24)14-18(6-2)7-3/h5,8,10,12-13,18H,6-7,9,11,14-16H2,1-4H3. The molecule has 0 bridgehead atoms. The van der Waals surface area contributed by atoms with E-state index in [0.29, 0.717) is 18.1 Å². The van der Waals surface area contributed by atoms with E-state index in [0.717, 1.165) is 38.5 Å². The number of rotatable bonds is 7. The Hall–Kier alpha value is -1.63. The number of carbonyl (C=O) groups excluding carboxylic acids is 1. The zero-order valence-corrected chi connectivity index (χ0v) is 15.8. The average molecular weight is 325 g/mol. The number of aryl methyl sites for hydroxylation is 1. The first kappa shape index (κ1) is 18.7. The van der Waals surface area contributed by atoms with Crippen molar-refractivity contribution in [3.8, 4) is 0 Å². The van der Waals surface area contributed by atoms with Gasteiger partial charge in [-0.2, -0.15) is 0 Å². The number of Topliss-reactive ketones (excluding diaryl/α,β-unsaturated/α-hetero) is 1. The van der Waals surface area contributed by atoms with Crippen LogP contribution in [0.1, 0.15) is 70.1 Å². The van der Waals surface area contributed by atoms with E-state index in [9.17, 15) is 4.79 Å². The first-order chi connectivity index (χ1) is 11.6. The van der Waals surface area contributed by atoms with Crippen LogP contribution in [-0.2, 0) is 24.1 Å². The lowest BCUT2D eigenvalue weighted by atomic mass is 9.92. The average Bonchev–Trinajstić information content (AvgIpc) is 2.72. The van der Waals surface area contributed by atoms with Gasteiger partial charge in [0.15, 0.2) is 0 Å². The number of allylic oxidation sites excluding steroid dienone is 4. The molecular formula is C23H32O. The molecule has 1 heteroatoms. The van der Waals surface area contributed by atoms with Gasteiger partial charge in [0.1, 0.15) is 5.78 Å². The van der Waals surface area contributed by atoms with Gasteiger partial charge in [-0.05, 0) is 61.3 Å². The predicted octanol–water partition coefficient (Wildman–Crippen LogP) is 6.01. The highest BCUT2D eigenvalue weighted by molar-refractivity contribution is 5.81. The van der Waals surface area contributed by atoms with Crippen molar-refractivity contribution < 1.29 is 4.79 Å². The van der Waals surface area contributed by atoms with Gasteiger partial charge in [-0.1, -0.05) is 62.6 Å². The van der Waals surface area contributed by atoms with Gasteiger partial charge < -0.3 is 0 Å². The third kappa shape index (κ3) is 4.93. The quantitative estimate of drug-likeness (QED) is 0.600. The SMILES string of the molecule is CC=CC1=C(C)CCc2ccc(CC(=O)CC(CC)CC)cc2C1. The van der Waals surface area contributed by atoms with Crippen molar-refractivity contribution in [1.29, 1.82) is 0 Å². The van der Waals surface area contributed by atoms with Crippen molar-refractivity contribution in [2.24, 2.45) is 5.92 Å². The minimum absolute atomic E-state index is 0.387. The molecule has 0 heterocycles. The summed E-state index contributed by atoms with van der Waals surface area (Å²) >= 11 is 0. The Bertz CT molecular complexity index is 629. The highest BCUT2D eigenvalue weighted by Crippen LogP contribution is 2.27. The molecule has 0 saturated carbocycles. The molecule has 1 aliphatic carbocycles. The third-order valence-corrected chi connectivity index (χ3v) is 5.41. The molecule has 0 N–H and O–H groups in total. The minimum atomic E-state index is 0.387. The van der Waals surface area contributed by atoms with Crippen LogP contribution in [0, 0.1) is 5.92 Å². The molecule has 0 amide bonds. The summed E-state index contributed by atoms with van der Waals surface area (Å²) in [5, 5.41) is 0. The summed E-state index contributed by atoms with van der Waals surface area (Å²) in [4.78, 5) is 12.4. The summed E-state index contributed by atoms with van der Waals surface area (Å²) in [6.45, 7) is 8.70. The van der Waals surface area contributed by atoms with Crippen molar-refractivity contribution in [2.45, 2.75) is 72.6 Å². The molecular weight excluding hydrogens is 292 g/mol. The molecule has 0 aliphatic heterocycles. The lowest BCUT2D eigenvalue weighted by Crippen LogP contribution is -2.10. The van der Waals surface area contributed by atoms with Crippen LogP contribution in [0.25, 0.3) is 0 Å². The van der Waals surface area contributed by atoms with Crippen LogP contribution < -0.4 is 0 Å². The fourth-order valence-electron chi connectivity index (χ4n) is 3.64. The Morgan fingerprint density at radius 3 is 2.58 bits per heavy atom. The molecule has 0 aromatic heterocycles. The van der Waals surface area contributed by atoms with Crippen LogP contribution in [0.15, 0.2) is 41.5 Å². The Balaban J connectivity index is 2.13. The summed E-state index contributed by atoms with van der Waals surface area (Å²) in [6, 6.07) is 6.70. The summed E-state index contributed by atoms with van der Waals surface area (Å²) in [5.41, 5.74) is 6.98. The maximum absolute atomic E-state index is 12.4. The first-order valence-electron chi connectivity index (χ1n) is 9.51. The van der Waals surface area contributed by atoms with Crippen LogP contribution in [0.5, 0.6) is 0 Å². The van der Waals surface area contributed by atoms with Crippen molar-refractivity contribution in [1.82, 2.24) is 0 Å². The van der Waals surface area contributed by atoms with Crippen LogP contribution in [0.4, 0.5) is 0 Å². The van der Waals surface area contributed by atoms with Gasteiger partial charge in [0.2, 0.25) is 0 Å². The Labute approximate surface area is 147 Å². The Morgan fingerprint density at radius 1 is 1.17 bits per heavy atom. The summed E-state index contributed by atoms with van der Waals surface area (Å²) in [5.74, 6) is 0.933. The van der Waals surface area contributed by atoms with Crippen molar-refractivity contribution in [3.05, 3.63) is 58.2 Å². The molecule has 130 valence electrons. The molecule has 2 rings (SSSR count). The van der Waals surface area contributed by atoms with Crippen LogP contribution in [-0.4, -0.2) is 5.78 Å². The van der Waals surface area contributed by atoms with E-state index in [2.05, 4.69) is 58.0 Å². The van der Waals surface area contributed by atoms with E-state index in [-0.39, 0.29) is 0 Å². The molecule has 1 aromatic rings. The van der Waals surface area contributed by atoms with E-state index in [1.807, 2.05) is 0 Å². The van der Waals surface area contributed by atoms with Gasteiger partial charge in [0, 0.05) is 12.8 Å². The number of fused-ring (bicyclic) bond motifs is 1. The number of benzene rings is 1. The number of carbonyl (C=O) groups is 1. The van der Waals surface area contributed by atoms with Gasteiger partial charge in [-0.25, -0.2) is 0 Å². The zero-order chi connectivity index (χ0) is 17.5. The van der Waals surface area contributed by atoms with E-state index in [1.54, 1.807) is 0 Å². The molecule has 0 saturated heterocycles. The Kier molecular flexibility index (Phi) is 7.02. The fourth-order valence-corrected chi connectivity index (χ4v) is 3.64. The van der Waals surface area contributed by atoms with E-state index >= 15 is 0 Å². The fraction of sp³-hybridized carbons (Fsp3) is 0.522. The number of hydrogen-bond acceptors (Lipinski definition) is 1. The second kappa shape index (κ2) is 9.01. The molecule has 0 atom stereocenters. The lowest BCUT2D eigenvalue weighted by molar-refractivity contribution is -0.119. The maximum Gasteiger partial charge on any atom is 0.137 e. The number of hydrogen-bond donors (Lipinski definition) is 0. The summed E-state index contributed by atoms with van der Waals surface area (Å²) < 4.78 is 0. The number of ketones is 1. The van der Waals surface area contributed by atoms with E-state index in [1.165, 1.54) is 27.8 Å². The second-order valence-electron chi connectivity index (χ2n) is 7.19. The second-order valence-corrected chi connectivity index (χ2v) is 7.19. The topological polar surface area (TPSA) is 17.1 Å². The molecule has 0 radical (unpaired) electrons. The van der Waals surface area contributed by atoms with Gasteiger partial charge in [-0.3, -0.25) is 4.79 Å². The third-order valence-electron chi connectivity index (χ3n) is 5.41. The van der Waals surface area contributed by atoms with Gasteiger partial charge in [-0.15, -0.1) is 0 Å². The highest BCUT2D eigenvalue weighted by atomic mass is 16.1. The first-order valence-corrected chi connectivity index (χ1v) is 9.51. The maximum atomic E-state index is 12.4. The summed E-state index contributed by atoms with van der Waals surface area (Å²) in [6.07, 6.45) is 11.1. The molecule has 0 unspecified atom stereocenters. The Morgan fingerprint density at radius 2 is 1.92 bits per heavy atom. The van der Waals surface area contributed by atoms with Crippen molar-refractivity contribution in [3.63, 3.8) is 0 Å². The van der Waals surface area contributed by atoms with Gasteiger partial charge in [0.05, 0.1) is 0 Å². The van der Waals surface area contributed by atoms with Gasteiger partial charge in [0.25, 0.3) is 0 Å². The monoisotopic (exact) mass is 324 g/mol. The molecule has 0 fully saturated rings. The molecule has 1 aliphatic rings. The normalized spacial score (nSPS) is 15.0. The molecule has 1 aromatic carbocycles. The van der Waals surface area contributed by atoms with Crippen LogP contribution in [0.2, 0.25) is 0 Å². The molecule has 1 nitrogen and oxygen atoms in total.